The molecule has 2 heterocycles. The number of benzene rings is 2. The number of rotatable bonds is 2. The maximum absolute atomic E-state index is 13.6. The minimum atomic E-state index is -0.402. The zero-order chi connectivity index (χ0) is 19.7. The highest BCUT2D eigenvalue weighted by atomic mass is 79.9. The van der Waals surface area contributed by atoms with Gasteiger partial charge < -0.3 is 9.80 Å². The number of carbonyl (C=O) groups is 2. The van der Waals surface area contributed by atoms with Crippen molar-refractivity contribution >= 4 is 39.5 Å². The molecule has 0 saturated carbocycles. The number of amides is 2. The molecule has 0 aromatic heterocycles. The number of nitrogens with zero attached hydrogens (tertiary/aromatic N) is 2. The lowest BCUT2D eigenvalue weighted by Gasteiger charge is -2.44. The molecule has 4 nitrogen and oxygen atoms in total. The number of piperidine rings is 1. The van der Waals surface area contributed by atoms with E-state index in [-0.39, 0.29) is 16.7 Å². The fraction of sp³-hybridized carbons (Fsp3) is 0.333. The van der Waals surface area contributed by atoms with Crippen LogP contribution in [0.1, 0.15) is 33.6 Å². The zero-order valence-electron chi connectivity index (χ0n) is 15.2. The SMILES string of the molecule is O=C(c1ccccc1Br)N1CCC2(CC1)SCCN2C(=O)c1cccc(F)c1. The molecule has 0 aliphatic carbocycles. The molecular formula is C21H20BrFN2O2S. The summed E-state index contributed by atoms with van der Waals surface area (Å²) in [5, 5.41) is 0. The van der Waals surface area contributed by atoms with E-state index in [1.807, 2.05) is 34.1 Å². The van der Waals surface area contributed by atoms with Gasteiger partial charge in [0, 0.05) is 35.4 Å². The van der Waals surface area contributed by atoms with Gasteiger partial charge in [0.2, 0.25) is 0 Å². The predicted molar refractivity (Wildman–Crippen MR) is 112 cm³/mol. The minimum Gasteiger partial charge on any atom is -0.338 e. The van der Waals surface area contributed by atoms with E-state index in [1.54, 1.807) is 23.9 Å². The van der Waals surface area contributed by atoms with Crippen molar-refractivity contribution in [1.82, 2.24) is 9.80 Å². The van der Waals surface area contributed by atoms with Crippen LogP contribution in [0.5, 0.6) is 0 Å². The fourth-order valence-corrected chi connectivity index (χ4v) is 5.86. The molecule has 0 bridgehead atoms. The second kappa shape index (κ2) is 7.87. The molecule has 28 heavy (non-hydrogen) atoms. The highest BCUT2D eigenvalue weighted by Crippen LogP contribution is 2.44. The molecular weight excluding hydrogens is 443 g/mol. The van der Waals surface area contributed by atoms with E-state index in [9.17, 15) is 14.0 Å². The highest BCUT2D eigenvalue weighted by molar-refractivity contribution is 9.10. The first-order valence-corrected chi connectivity index (χ1v) is 11.0. The van der Waals surface area contributed by atoms with Gasteiger partial charge in [0.25, 0.3) is 11.8 Å². The lowest BCUT2D eigenvalue weighted by molar-refractivity contribution is 0.0497. The second-order valence-corrected chi connectivity index (χ2v) is 9.35. The number of thioether (sulfide) groups is 1. The largest absolute Gasteiger partial charge is 0.338 e. The quantitative estimate of drug-likeness (QED) is 0.663. The van der Waals surface area contributed by atoms with Crippen molar-refractivity contribution in [3.63, 3.8) is 0 Å². The lowest BCUT2D eigenvalue weighted by atomic mass is 10.00. The summed E-state index contributed by atoms with van der Waals surface area (Å²) in [6.45, 7) is 1.85. The van der Waals surface area contributed by atoms with E-state index in [1.165, 1.54) is 12.1 Å². The Morgan fingerprint density at radius 1 is 1.00 bits per heavy atom. The van der Waals surface area contributed by atoms with E-state index >= 15 is 0 Å². The van der Waals surface area contributed by atoms with Crippen LogP contribution < -0.4 is 0 Å². The zero-order valence-corrected chi connectivity index (χ0v) is 17.6. The van der Waals surface area contributed by atoms with E-state index in [2.05, 4.69) is 15.9 Å². The van der Waals surface area contributed by atoms with Gasteiger partial charge in [-0.05, 0) is 59.1 Å². The molecule has 2 saturated heterocycles. The summed E-state index contributed by atoms with van der Waals surface area (Å²) >= 11 is 5.23. The maximum atomic E-state index is 13.6. The van der Waals surface area contributed by atoms with Gasteiger partial charge in [-0.2, -0.15) is 0 Å². The van der Waals surface area contributed by atoms with Crippen molar-refractivity contribution in [3.05, 3.63) is 69.9 Å². The minimum absolute atomic E-state index is 0.00771. The van der Waals surface area contributed by atoms with Crippen LogP contribution in [-0.2, 0) is 0 Å². The van der Waals surface area contributed by atoms with Crippen LogP contribution in [0.25, 0.3) is 0 Å². The van der Waals surface area contributed by atoms with Gasteiger partial charge in [0.15, 0.2) is 0 Å². The number of hydrogen-bond acceptors (Lipinski definition) is 3. The van der Waals surface area contributed by atoms with Gasteiger partial charge in [-0.1, -0.05) is 18.2 Å². The van der Waals surface area contributed by atoms with Gasteiger partial charge in [0.1, 0.15) is 5.82 Å². The first kappa shape index (κ1) is 19.5. The van der Waals surface area contributed by atoms with Crippen LogP contribution in [0.2, 0.25) is 0 Å². The fourth-order valence-electron chi connectivity index (χ4n) is 3.95. The van der Waals surface area contributed by atoms with Crippen LogP contribution in [-0.4, -0.2) is 51.9 Å². The molecule has 0 atom stereocenters. The third kappa shape index (κ3) is 3.57. The van der Waals surface area contributed by atoms with Crippen LogP contribution >= 0.6 is 27.7 Å². The third-order valence-corrected chi connectivity index (χ3v) is 7.67. The number of halogens is 2. The lowest BCUT2D eigenvalue weighted by Crippen LogP contribution is -2.53. The Morgan fingerprint density at radius 2 is 1.75 bits per heavy atom. The number of likely N-dealkylation sites (tertiary alicyclic amines) is 1. The monoisotopic (exact) mass is 462 g/mol. The summed E-state index contributed by atoms with van der Waals surface area (Å²) in [6.07, 6.45) is 1.43. The van der Waals surface area contributed by atoms with Crippen molar-refractivity contribution < 1.29 is 14.0 Å². The summed E-state index contributed by atoms with van der Waals surface area (Å²) in [5.41, 5.74) is 1.04. The normalized spacial score (nSPS) is 18.5. The van der Waals surface area contributed by atoms with Crippen LogP contribution in [0.4, 0.5) is 4.39 Å². The molecule has 2 aromatic carbocycles. The summed E-state index contributed by atoms with van der Waals surface area (Å²) in [4.78, 5) is 29.3. The smallest absolute Gasteiger partial charge is 0.255 e. The van der Waals surface area contributed by atoms with Gasteiger partial charge >= 0.3 is 0 Å². The molecule has 0 unspecified atom stereocenters. The number of hydrogen-bond donors (Lipinski definition) is 0. The molecule has 2 aliphatic rings. The van der Waals surface area contributed by atoms with Gasteiger partial charge in [-0.3, -0.25) is 9.59 Å². The van der Waals surface area contributed by atoms with Crippen molar-refractivity contribution in [2.24, 2.45) is 0 Å². The highest BCUT2D eigenvalue weighted by Gasteiger charge is 2.47. The van der Waals surface area contributed by atoms with Crippen molar-refractivity contribution in [1.29, 1.82) is 0 Å². The number of carbonyl (C=O) groups excluding carboxylic acids is 2. The van der Waals surface area contributed by atoms with Crippen LogP contribution in [0.15, 0.2) is 53.0 Å². The molecule has 4 rings (SSSR count). The summed E-state index contributed by atoms with van der Waals surface area (Å²) < 4.78 is 14.3. The third-order valence-electron chi connectivity index (χ3n) is 5.43. The van der Waals surface area contributed by atoms with Crippen LogP contribution in [0.3, 0.4) is 0 Å². The molecule has 0 radical (unpaired) electrons. The Balaban J connectivity index is 1.49. The van der Waals surface area contributed by atoms with Crippen molar-refractivity contribution in [3.8, 4) is 0 Å². The van der Waals surface area contributed by atoms with Crippen molar-refractivity contribution in [2.75, 3.05) is 25.4 Å². The molecule has 146 valence electrons. The van der Waals surface area contributed by atoms with Crippen LogP contribution in [0, 0.1) is 5.82 Å². The Labute approximate surface area is 176 Å². The summed E-state index contributed by atoms with van der Waals surface area (Å²) in [7, 11) is 0. The second-order valence-electron chi connectivity index (χ2n) is 7.03. The van der Waals surface area contributed by atoms with Gasteiger partial charge in [0.05, 0.1) is 10.4 Å². The standard InChI is InChI=1S/C21H20BrFN2O2S/c22-18-7-2-1-6-17(18)20(27)24-10-8-21(9-11-24)25(12-13-28-21)19(26)15-4-3-5-16(23)14-15/h1-7,14H,8-13H2. The average molecular weight is 463 g/mol. The van der Waals surface area contributed by atoms with E-state index < -0.39 is 5.82 Å². The Hall–Kier alpha value is -1.86. The first-order valence-electron chi connectivity index (χ1n) is 9.25. The Kier molecular flexibility index (Phi) is 5.47. The molecule has 7 heteroatoms. The topological polar surface area (TPSA) is 40.6 Å². The molecule has 2 aliphatic heterocycles. The van der Waals surface area contributed by atoms with E-state index in [0.29, 0.717) is 30.8 Å². The Morgan fingerprint density at radius 3 is 2.46 bits per heavy atom. The maximum Gasteiger partial charge on any atom is 0.255 e. The summed E-state index contributed by atoms with van der Waals surface area (Å²) in [6, 6.07) is 13.3. The molecule has 2 fully saturated rings. The molecule has 2 amide bonds. The van der Waals surface area contributed by atoms with E-state index in [4.69, 9.17) is 0 Å². The molecule has 0 N–H and O–H groups in total. The Bertz CT molecular complexity index is 915. The predicted octanol–water partition coefficient (Wildman–Crippen LogP) is 4.41. The van der Waals surface area contributed by atoms with Gasteiger partial charge in [-0.15, -0.1) is 11.8 Å². The molecule has 1 spiro atoms. The summed E-state index contributed by atoms with van der Waals surface area (Å²) in [5.74, 6) is 0.336. The first-order chi connectivity index (χ1) is 13.5. The molecule has 2 aromatic rings. The average Bonchev–Trinajstić information content (AvgIpc) is 3.11. The van der Waals surface area contributed by atoms with Crippen molar-refractivity contribution in [2.45, 2.75) is 17.7 Å². The van der Waals surface area contributed by atoms with E-state index in [0.717, 1.165) is 23.1 Å². The van der Waals surface area contributed by atoms with Gasteiger partial charge in [-0.25, -0.2) is 4.39 Å².